The van der Waals surface area contributed by atoms with Gasteiger partial charge in [-0.2, -0.15) is 0 Å². The summed E-state index contributed by atoms with van der Waals surface area (Å²) in [6, 6.07) is 1.38. The highest BCUT2D eigenvalue weighted by Crippen LogP contribution is 2.33. The first-order valence-corrected chi connectivity index (χ1v) is 9.47. The summed E-state index contributed by atoms with van der Waals surface area (Å²) in [5, 5.41) is 3.68. The monoisotopic (exact) mass is 308 g/mol. The standard InChI is InChI=1S/C19H36N2O/c1-14(2)7-9-21(10-8-15(3)4)19(22)13-16-11-17-5-6-18(12-16)20-17/h14-18,20H,5-13H2,1-4H3. The average Bonchev–Trinajstić information content (AvgIpc) is 2.77. The Morgan fingerprint density at radius 2 is 1.50 bits per heavy atom. The van der Waals surface area contributed by atoms with Crippen molar-refractivity contribution >= 4 is 5.91 Å². The maximum atomic E-state index is 12.8. The van der Waals surface area contributed by atoms with Gasteiger partial charge in [0.1, 0.15) is 0 Å². The number of nitrogens with zero attached hydrogens (tertiary/aromatic N) is 1. The van der Waals surface area contributed by atoms with E-state index >= 15 is 0 Å². The average molecular weight is 309 g/mol. The molecule has 0 aromatic heterocycles. The third kappa shape index (κ3) is 5.57. The zero-order valence-corrected chi connectivity index (χ0v) is 15.1. The Morgan fingerprint density at radius 3 is 1.95 bits per heavy atom. The molecule has 1 N–H and O–H groups in total. The van der Waals surface area contributed by atoms with Crippen LogP contribution in [0.3, 0.4) is 0 Å². The van der Waals surface area contributed by atoms with Crippen LogP contribution >= 0.6 is 0 Å². The van der Waals surface area contributed by atoms with Crippen LogP contribution in [0.1, 0.15) is 72.6 Å². The topological polar surface area (TPSA) is 32.3 Å². The molecule has 2 atom stereocenters. The van der Waals surface area contributed by atoms with Gasteiger partial charge in [-0.25, -0.2) is 0 Å². The number of rotatable bonds is 8. The van der Waals surface area contributed by atoms with E-state index in [1.165, 1.54) is 25.7 Å². The summed E-state index contributed by atoms with van der Waals surface area (Å²) in [5.74, 6) is 2.37. The lowest BCUT2D eigenvalue weighted by Crippen LogP contribution is -2.41. The van der Waals surface area contributed by atoms with Crippen LogP contribution in [0, 0.1) is 17.8 Å². The number of carbonyl (C=O) groups is 1. The van der Waals surface area contributed by atoms with Crippen molar-refractivity contribution in [1.29, 1.82) is 0 Å². The van der Waals surface area contributed by atoms with Gasteiger partial charge in [-0.15, -0.1) is 0 Å². The van der Waals surface area contributed by atoms with Crippen molar-refractivity contribution in [3.05, 3.63) is 0 Å². The van der Waals surface area contributed by atoms with Crippen LogP contribution < -0.4 is 5.32 Å². The summed E-state index contributed by atoms with van der Waals surface area (Å²) in [7, 11) is 0. The van der Waals surface area contributed by atoms with Gasteiger partial charge in [-0.05, 0) is 56.3 Å². The molecule has 0 radical (unpaired) electrons. The quantitative estimate of drug-likeness (QED) is 0.739. The molecule has 2 heterocycles. The highest BCUT2D eigenvalue weighted by Gasteiger charge is 2.34. The molecule has 128 valence electrons. The van der Waals surface area contributed by atoms with E-state index in [1.54, 1.807) is 0 Å². The lowest BCUT2D eigenvalue weighted by molar-refractivity contribution is -0.132. The normalized spacial score (nSPS) is 27.6. The maximum absolute atomic E-state index is 12.8. The minimum absolute atomic E-state index is 0.410. The van der Waals surface area contributed by atoms with Crippen molar-refractivity contribution in [2.45, 2.75) is 84.7 Å². The minimum Gasteiger partial charge on any atom is -0.343 e. The van der Waals surface area contributed by atoms with E-state index in [0.717, 1.165) is 32.4 Å². The Bertz CT molecular complexity index is 329. The highest BCUT2D eigenvalue weighted by molar-refractivity contribution is 5.76. The molecule has 2 aliphatic rings. The molecule has 2 saturated heterocycles. The molecule has 2 bridgehead atoms. The van der Waals surface area contributed by atoms with Gasteiger partial charge in [0, 0.05) is 31.6 Å². The number of piperidine rings is 1. The second kappa shape index (κ2) is 8.33. The molecule has 22 heavy (non-hydrogen) atoms. The number of fused-ring (bicyclic) bond motifs is 2. The Morgan fingerprint density at radius 1 is 1.00 bits per heavy atom. The van der Waals surface area contributed by atoms with Gasteiger partial charge in [0.25, 0.3) is 0 Å². The van der Waals surface area contributed by atoms with E-state index < -0.39 is 0 Å². The van der Waals surface area contributed by atoms with Gasteiger partial charge in [-0.1, -0.05) is 27.7 Å². The number of hydrogen-bond donors (Lipinski definition) is 1. The molecule has 3 heteroatoms. The zero-order chi connectivity index (χ0) is 16.1. The summed E-state index contributed by atoms with van der Waals surface area (Å²) in [6.07, 6.45) is 8.10. The smallest absolute Gasteiger partial charge is 0.222 e. The first kappa shape index (κ1) is 17.8. The molecule has 2 rings (SSSR count). The molecule has 2 unspecified atom stereocenters. The third-order valence-electron chi connectivity index (χ3n) is 5.34. The SMILES string of the molecule is CC(C)CCN(CCC(C)C)C(=O)CC1CC2CCC(C1)N2. The lowest BCUT2D eigenvalue weighted by Gasteiger charge is -2.31. The molecule has 0 aliphatic carbocycles. The maximum Gasteiger partial charge on any atom is 0.222 e. The number of hydrogen-bond acceptors (Lipinski definition) is 2. The highest BCUT2D eigenvalue weighted by atomic mass is 16.2. The van der Waals surface area contributed by atoms with Crippen LogP contribution in [0.15, 0.2) is 0 Å². The van der Waals surface area contributed by atoms with Crippen LogP contribution in [0.5, 0.6) is 0 Å². The molecule has 0 saturated carbocycles. The van der Waals surface area contributed by atoms with Crippen LogP contribution in [0.2, 0.25) is 0 Å². The molecular weight excluding hydrogens is 272 g/mol. The Hall–Kier alpha value is -0.570. The fourth-order valence-corrected chi connectivity index (χ4v) is 3.91. The Balaban J connectivity index is 1.83. The third-order valence-corrected chi connectivity index (χ3v) is 5.34. The van der Waals surface area contributed by atoms with Crippen molar-refractivity contribution < 1.29 is 4.79 Å². The van der Waals surface area contributed by atoms with Crippen molar-refractivity contribution in [3.63, 3.8) is 0 Å². The molecule has 2 fully saturated rings. The molecule has 0 aromatic carbocycles. The fraction of sp³-hybridized carbons (Fsp3) is 0.947. The second-order valence-electron chi connectivity index (χ2n) is 8.43. The predicted octanol–water partition coefficient (Wildman–Crippen LogP) is 3.83. The summed E-state index contributed by atoms with van der Waals surface area (Å²) in [4.78, 5) is 14.9. The molecule has 3 nitrogen and oxygen atoms in total. The second-order valence-corrected chi connectivity index (χ2v) is 8.43. The van der Waals surface area contributed by atoms with E-state index in [1.807, 2.05) is 0 Å². The van der Waals surface area contributed by atoms with Crippen LogP contribution in [0.4, 0.5) is 0 Å². The molecule has 2 aliphatic heterocycles. The summed E-state index contributed by atoms with van der Waals surface area (Å²) < 4.78 is 0. The van der Waals surface area contributed by atoms with Gasteiger partial charge < -0.3 is 10.2 Å². The molecule has 0 aromatic rings. The van der Waals surface area contributed by atoms with Crippen LogP contribution in [-0.4, -0.2) is 36.0 Å². The van der Waals surface area contributed by atoms with Crippen LogP contribution in [0.25, 0.3) is 0 Å². The van der Waals surface area contributed by atoms with Crippen molar-refractivity contribution in [2.24, 2.45) is 17.8 Å². The summed E-state index contributed by atoms with van der Waals surface area (Å²) >= 11 is 0. The van der Waals surface area contributed by atoms with Gasteiger partial charge in [0.15, 0.2) is 0 Å². The first-order valence-electron chi connectivity index (χ1n) is 9.47. The lowest BCUT2D eigenvalue weighted by atomic mass is 9.89. The van der Waals surface area contributed by atoms with Gasteiger partial charge in [0.2, 0.25) is 5.91 Å². The Kier molecular flexibility index (Phi) is 6.73. The van der Waals surface area contributed by atoms with E-state index in [9.17, 15) is 4.79 Å². The van der Waals surface area contributed by atoms with Crippen molar-refractivity contribution in [1.82, 2.24) is 10.2 Å². The zero-order valence-electron chi connectivity index (χ0n) is 15.1. The van der Waals surface area contributed by atoms with Crippen molar-refractivity contribution in [3.8, 4) is 0 Å². The minimum atomic E-state index is 0.410. The summed E-state index contributed by atoms with van der Waals surface area (Å²) in [6.45, 7) is 10.9. The molecular formula is C19H36N2O. The van der Waals surface area contributed by atoms with Gasteiger partial charge >= 0.3 is 0 Å². The molecule has 1 amide bonds. The van der Waals surface area contributed by atoms with E-state index in [4.69, 9.17) is 0 Å². The van der Waals surface area contributed by atoms with E-state index in [0.29, 0.717) is 35.7 Å². The van der Waals surface area contributed by atoms with E-state index in [2.05, 4.69) is 37.9 Å². The number of nitrogens with one attached hydrogen (secondary N) is 1. The van der Waals surface area contributed by atoms with Gasteiger partial charge in [0.05, 0.1) is 0 Å². The summed E-state index contributed by atoms with van der Waals surface area (Å²) in [5.41, 5.74) is 0. The largest absolute Gasteiger partial charge is 0.343 e. The molecule has 0 spiro atoms. The predicted molar refractivity (Wildman–Crippen MR) is 92.8 cm³/mol. The number of amides is 1. The van der Waals surface area contributed by atoms with Gasteiger partial charge in [-0.3, -0.25) is 4.79 Å². The first-order chi connectivity index (χ1) is 10.4. The fourth-order valence-electron chi connectivity index (χ4n) is 3.91. The van der Waals surface area contributed by atoms with E-state index in [-0.39, 0.29) is 0 Å². The Labute approximate surface area is 137 Å². The number of carbonyl (C=O) groups excluding carboxylic acids is 1. The van der Waals surface area contributed by atoms with Crippen LogP contribution in [-0.2, 0) is 4.79 Å². The van der Waals surface area contributed by atoms with Crippen molar-refractivity contribution in [2.75, 3.05) is 13.1 Å².